The van der Waals surface area contributed by atoms with Crippen LogP contribution in [0.4, 0.5) is 11.6 Å². The maximum absolute atomic E-state index is 12.8. The van der Waals surface area contributed by atoms with Crippen LogP contribution in [0.3, 0.4) is 0 Å². The van der Waals surface area contributed by atoms with E-state index in [1.165, 1.54) is 6.33 Å². The fourth-order valence-corrected chi connectivity index (χ4v) is 3.61. The minimum absolute atomic E-state index is 0.199. The number of aromatic nitrogens is 3. The molecule has 0 fully saturated rings. The average Bonchev–Trinajstić information content (AvgIpc) is 3.00. The topological polar surface area (TPSA) is 63.1 Å². The lowest BCUT2D eigenvalue weighted by molar-refractivity contribution is -0.117. The van der Waals surface area contributed by atoms with Crippen molar-refractivity contribution < 1.29 is 4.79 Å². The van der Waals surface area contributed by atoms with E-state index < -0.39 is 0 Å². The molecule has 2 aromatic rings. The highest BCUT2D eigenvalue weighted by Crippen LogP contribution is 2.41. The molecule has 2 atom stereocenters. The lowest BCUT2D eigenvalue weighted by Gasteiger charge is -2.34. The molecule has 6 heteroatoms. The first kappa shape index (κ1) is 14.9. The van der Waals surface area contributed by atoms with Gasteiger partial charge in [-0.2, -0.15) is 10.1 Å². The summed E-state index contributed by atoms with van der Waals surface area (Å²) in [6.07, 6.45) is 3.01. The standard InChI is InChI=1S/C18H21N5O/c1-11-8-14-16(15(24)9-11)17(23-18(21-14)19-10-20-23)12-4-6-13(7-5-12)22(2)3/h4-7,10-11,17H,8-9H2,1-3H3,(H,19,20,21)/t11-,17+/m0/s1. The average molecular weight is 323 g/mol. The van der Waals surface area contributed by atoms with Crippen molar-refractivity contribution in [3.05, 3.63) is 47.4 Å². The Morgan fingerprint density at radius 3 is 2.67 bits per heavy atom. The number of hydrogen-bond acceptors (Lipinski definition) is 5. The van der Waals surface area contributed by atoms with Crippen LogP contribution in [0.1, 0.15) is 31.4 Å². The van der Waals surface area contributed by atoms with Gasteiger partial charge in [0.05, 0.1) is 0 Å². The van der Waals surface area contributed by atoms with Crippen LogP contribution in [-0.2, 0) is 4.79 Å². The van der Waals surface area contributed by atoms with Crippen molar-refractivity contribution in [3.8, 4) is 0 Å². The molecule has 1 aliphatic heterocycles. The van der Waals surface area contributed by atoms with Gasteiger partial charge in [-0.25, -0.2) is 4.68 Å². The van der Waals surface area contributed by atoms with Gasteiger partial charge in [0, 0.05) is 37.5 Å². The molecule has 0 bridgehead atoms. The summed E-state index contributed by atoms with van der Waals surface area (Å²) in [6, 6.07) is 8.10. The van der Waals surface area contributed by atoms with Gasteiger partial charge in [0.15, 0.2) is 5.78 Å². The monoisotopic (exact) mass is 323 g/mol. The highest BCUT2D eigenvalue weighted by molar-refractivity contribution is 5.99. The van der Waals surface area contributed by atoms with Gasteiger partial charge in [-0.15, -0.1) is 0 Å². The van der Waals surface area contributed by atoms with E-state index in [9.17, 15) is 4.79 Å². The molecule has 0 spiro atoms. The van der Waals surface area contributed by atoms with Gasteiger partial charge in [-0.05, 0) is 30.0 Å². The molecule has 0 unspecified atom stereocenters. The molecule has 124 valence electrons. The van der Waals surface area contributed by atoms with Crippen LogP contribution in [-0.4, -0.2) is 34.6 Å². The predicted octanol–water partition coefficient (Wildman–Crippen LogP) is 2.61. The van der Waals surface area contributed by atoms with Gasteiger partial charge in [0.1, 0.15) is 12.4 Å². The van der Waals surface area contributed by atoms with E-state index in [1.807, 2.05) is 18.8 Å². The van der Waals surface area contributed by atoms with Gasteiger partial charge < -0.3 is 10.2 Å². The maximum atomic E-state index is 12.8. The molecule has 1 aromatic heterocycles. The van der Waals surface area contributed by atoms with Crippen LogP contribution in [0.15, 0.2) is 41.9 Å². The van der Waals surface area contributed by atoms with E-state index in [2.05, 4.69) is 51.5 Å². The number of anilines is 2. The first-order valence-corrected chi connectivity index (χ1v) is 8.24. The van der Waals surface area contributed by atoms with Crippen molar-refractivity contribution in [2.24, 2.45) is 5.92 Å². The van der Waals surface area contributed by atoms with Crippen molar-refractivity contribution in [1.29, 1.82) is 0 Å². The van der Waals surface area contributed by atoms with E-state index in [0.717, 1.165) is 28.9 Å². The lowest BCUT2D eigenvalue weighted by atomic mass is 9.81. The number of benzene rings is 1. The fourth-order valence-electron chi connectivity index (χ4n) is 3.61. The van der Waals surface area contributed by atoms with E-state index in [0.29, 0.717) is 18.3 Å². The Balaban J connectivity index is 1.83. The second-order valence-corrected chi connectivity index (χ2v) is 6.87. The van der Waals surface area contributed by atoms with Gasteiger partial charge in [-0.1, -0.05) is 19.1 Å². The van der Waals surface area contributed by atoms with Crippen molar-refractivity contribution in [2.45, 2.75) is 25.8 Å². The normalized spacial score (nSPS) is 22.7. The minimum Gasteiger partial charge on any atom is -0.378 e. The predicted molar refractivity (Wildman–Crippen MR) is 93.0 cm³/mol. The van der Waals surface area contributed by atoms with Crippen LogP contribution in [0.2, 0.25) is 0 Å². The number of allylic oxidation sites excluding steroid dienone is 2. The van der Waals surface area contributed by atoms with Crippen LogP contribution in [0, 0.1) is 5.92 Å². The fraction of sp³-hybridized carbons (Fsp3) is 0.389. The summed E-state index contributed by atoms with van der Waals surface area (Å²) in [5, 5.41) is 7.67. The molecule has 1 N–H and O–H groups in total. The molecule has 1 aliphatic carbocycles. The third-order valence-corrected chi connectivity index (χ3v) is 4.79. The summed E-state index contributed by atoms with van der Waals surface area (Å²) < 4.78 is 1.82. The number of ketones is 1. The Morgan fingerprint density at radius 2 is 1.96 bits per heavy atom. The number of carbonyl (C=O) groups is 1. The summed E-state index contributed by atoms with van der Waals surface area (Å²) in [5.41, 5.74) is 4.03. The van der Waals surface area contributed by atoms with Crippen molar-refractivity contribution in [3.63, 3.8) is 0 Å². The number of Topliss-reactive ketones (excluding diaryl/α,β-unsaturated/α-hetero) is 1. The molecule has 4 rings (SSSR count). The minimum atomic E-state index is -0.199. The van der Waals surface area contributed by atoms with Gasteiger partial charge in [-0.3, -0.25) is 4.79 Å². The molecule has 24 heavy (non-hydrogen) atoms. The van der Waals surface area contributed by atoms with E-state index in [4.69, 9.17) is 0 Å². The van der Waals surface area contributed by atoms with Crippen LogP contribution < -0.4 is 10.2 Å². The number of nitrogens with one attached hydrogen (secondary N) is 1. The van der Waals surface area contributed by atoms with Gasteiger partial charge in [0.2, 0.25) is 5.95 Å². The summed E-state index contributed by atoms with van der Waals surface area (Å²) in [6.45, 7) is 2.11. The number of fused-ring (bicyclic) bond motifs is 1. The number of rotatable bonds is 2. The van der Waals surface area contributed by atoms with Crippen LogP contribution >= 0.6 is 0 Å². The Hall–Kier alpha value is -2.63. The highest BCUT2D eigenvalue weighted by Gasteiger charge is 2.37. The Morgan fingerprint density at radius 1 is 1.21 bits per heavy atom. The first-order chi connectivity index (χ1) is 11.5. The molecule has 6 nitrogen and oxygen atoms in total. The van der Waals surface area contributed by atoms with Crippen LogP contribution in [0.25, 0.3) is 0 Å². The quantitative estimate of drug-likeness (QED) is 0.920. The number of hydrogen-bond donors (Lipinski definition) is 1. The molecular weight excluding hydrogens is 302 g/mol. The highest BCUT2D eigenvalue weighted by atomic mass is 16.1. The van der Waals surface area contributed by atoms with Crippen molar-refractivity contribution in [1.82, 2.24) is 14.8 Å². The second-order valence-electron chi connectivity index (χ2n) is 6.87. The first-order valence-electron chi connectivity index (χ1n) is 8.24. The van der Waals surface area contributed by atoms with E-state index in [-0.39, 0.29) is 11.8 Å². The summed E-state index contributed by atoms with van der Waals surface area (Å²) in [4.78, 5) is 19.1. The largest absolute Gasteiger partial charge is 0.378 e. The molecule has 2 aliphatic rings. The van der Waals surface area contributed by atoms with Crippen molar-refractivity contribution in [2.75, 3.05) is 24.3 Å². The zero-order valence-electron chi connectivity index (χ0n) is 14.2. The van der Waals surface area contributed by atoms with E-state index in [1.54, 1.807) is 0 Å². The zero-order valence-corrected chi connectivity index (χ0v) is 14.2. The summed E-state index contributed by atoms with van der Waals surface area (Å²) in [7, 11) is 4.03. The molecule has 0 amide bonds. The SMILES string of the molecule is C[C@@H]1CC(=O)C2=C(C1)Nc1ncnn1[C@@H]2c1ccc(N(C)C)cc1. The molecule has 0 saturated carbocycles. The number of nitrogens with zero attached hydrogens (tertiary/aromatic N) is 4. The lowest BCUT2D eigenvalue weighted by Crippen LogP contribution is -2.33. The Labute approximate surface area is 141 Å². The molecule has 1 aromatic carbocycles. The third-order valence-electron chi connectivity index (χ3n) is 4.79. The van der Waals surface area contributed by atoms with Gasteiger partial charge in [0.25, 0.3) is 0 Å². The Kier molecular flexibility index (Phi) is 3.40. The molecule has 0 radical (unpaired) electrons. The Bertz CT molecular complexity index is 818. The summed E-state index contributed by atoms with van der Waals surface area (Å²) >= 11 is 0. The number of carbonyl (C=O) groups excluding carboxylic acids is 1. The summed E-state index contributed by atoms with van der Waals surface area (Å²) in [5.74, 6) is 1.27. The molecule has 0 saturated heterocycles. The smallest absolute Gasteiger partial charge is 0.226 e. The van der Waals surface area contributed by atoms with Crippen LogP contribution in [0.5, 0.6) is 0 Å². The zero-order chi connectivity index (χ0) is 16.8. The third kappa shape index (κ3) is 2.29. The van der Waals surface area contributed by atoms with Gasteiger partial charge >= 0.3 is 0 Å². The molecular formula is C18H21N5O. The van der Waals surface area contributed by atoms with Crippen molar-refractivity contribution >= 4 is 17.4 Å². The maximum Gasteiger partial charge on any atom is 0.226 e. The molecule has 2 heterocycles. The van der Waals surface area contributed by atoms with E-state index >= 15 is 0 Å². The second kappa shape index (κ2) is 5.47.